The van der Waals surface area contributed by atoms with E-state index < -0.39 is 0 Å². The Labute approximate surface area is 54.4 Å². The van der Waals surface area contributed by atoms with E-state index in [2.05, 4.69) is 6.58 Å². The first-order valence-corrected chi connectivity index (χ1v) is 2.86. The zero-order valence-corrected chi connectivity index (χ0v) is 5.08. The summed E-state index contributed by atoms with van der Waals surface area (Å²) in [5, 5.41) is 0. The first-order chi connectivity index (χ1) is 4.34. The Hall–Kier alpha value is -1.11. The normalized spacial score (nSPS) is 24.4. The van der Waals surface area contributed by atoms with Crippen molar-refractivity contribution in [2.45, 2.75) is 0 Å². The van der Waals surface area contributed by atoms with Crippen molar-refractivity contribution in [3.63, 3.8) is 0 Å². The molecule has 9 heavy (non-hydrogen) atoms. The molecule has 0 radical (unpaired) electrons. The van der Waals surface area contributed by atoms with Crippen LogP contribution < -0.4 is 0 Å². The molecule has 0 saturated carbocycles. The van der Waals surface area contributed by atoms with Crippen molar-refractivity contribution in [2.24, 2.45) is 5.92 Å². The van der Waals surface area contributed by atoms with Crippen molar-refractivity contribution in [1.82, 2.24) is 0 Å². The van der Waals surface area contributed by atoms with Gasteiger partial charge in [0, 0.05) is 0 Å². The van der Waals surface area contributed by atoms with Gasteiger partial charge in [-0.15, -0.1) is 6.58 Å². The van der Waals surface area contributed by atoms with Crippen LogP contribution in [-0.2, 0) is 4.79 Å². The molecular weight excluding hydrogens is 112 g/mol. The van der Waals surface area contributed by atoms with Gasteiger partial charge in [0.2, 0.25) is 0 Å². The van der Waals surface area contributed by atoms with Crippen LogP contribution >= 0.6 is 0 Å². The van der Waals surface area contributed by atoms with Crippen LogP contribution in [-0.4, -0.2) is 5.78 Å². The van der Waals surface area contributed by atoms with Gasteiger partial charge in [-0.25, -0.2) is 0 Å². The molecule has 46 valence electrons. The van der Waals surface area contributed by atoms with Crippen molar-refractivity contribution in [3.8, 4) is 0 Å². The standard InChI is InChI=1S/C8H8O/c1-2-7-5-3-4-6-8(7)9/h2-7H,1H2. The molecule has 0 aliphatic heterocycles. The number of ketones is 1. The molecule has 0 spiro atoms. The van der Waals surface area contributed by atoms with E-state index in [1.807, 2.05) is 12.2 Å². The molecule has 1 nitrogen and oxygen atoms in total. The van der Waals surface area contributed by atoms with Crippen LogP contribution in [0.2, 0.25) is 0 Å². The average Bonchev–Trinajstić information content (AvgIpc) is 1.89. The van der Waals surface area contributed by atoms with Gasteiger partial charge >= 0.3 is 0 Å². The van der Waals surface area contributed by atoms with Gasteiger partial charge in [-0.3, -0.25) is 4.79 Å². The number of rotatable bonds is 1. The smallest absolute Gasteiger partial charge is 0.166 e. The lowest BCUT2D eigenvalue weighted by atomic mass is 10.0. The molecule has 1 aliphatic carbocycles. The van der Waals surface area contributed by atoms with Crippen LogP contribution in [0, 0.1) is 5.92 Å². The van der Waals surface area contributed by atoms with Gasteiger partial charge in [0.1, 0.15) is 0 Å². The third-order valence-corrected chi connectivity index (χ3v) is 1.27. The van der Waals surface area contributed by atoms with Gasteiger partial charge in [0.25, 0.3) is 0 Å². The highest BCUT2D eigenvalue weighted by Crippen LogP contribution is 2.07. The lowest BCUT2D eigenvalue weighted by Gasteiger charge is -2.03. The summed E-state index contributed by atoms with van der Waals surface area (Å²) in [5.74, 6) is 0.0301. The number of carbonyl (C=O) groups excluding carboxylic acids is 1. The molecule has 0 N–H and O–H groups in total. The highest BCUT2D eigenvalue weighted by Gasteiger charge is 2.08. The topological polar surface area (TPSA) is 17.1 Å². The maximum Gasteiger partial charge on any atom is 0.166 e. The summed E-state index contributed by atoms with van der Waals surface area (Å²) in [6.07, 6.45) is 8.63. The van der Waals surface area contributed by atoms with Gasteiger partial charge in [-0.2, -0.15) is 0 Å². The minimum Gasteiger partial charge on any atom is -0.294 e. The van der Waals surface area contributed by atoms with Gasteiger partial charge < -0.3 is 0 Å². The Morgan fingerprint density at radius 3 is 2.78 bits per heavy atom. The SMILES string of the molecule is C=CC1C=CC=CC1=O. The third kappa shape index (κ3) is 1.17. The molecule has 1 rings (SSSR count). The number of hydrogen-bond acceptors (Lipinski definition) is 1. The fraction of sp³-hybridized carbons (Fsp3) is 0.125. The Balaban J connectivity index is 2.77. The summed E-state index contributed by atoms with van der Waals surface area (Å²) in [6, 6.07) is 0. The molecule has 1 atom stereocenters. The summed E-state index contributed by atoms with van der Waals surface area (Å²) in [6.45, 7) is 3.53. The van der Waals surface area contributed by atoms with E-state index >= 15 is 0 Å². The van der Waals surface area contributed by atoms with Crippen LogP contribution in [0.3, 0.4) is 0 Å². The number of allylic oxidation sites excluding steroid dienone is 5. The van der Waals surface area contributed by atoms with Crippen molar-refractivity contribution in [1.29, 1.82) is 0 Å². The van der Waals surface area contributed by atoms with E-state index in [0.717, 1.165) is 0 Å². The second kappa shape index (κ2) is 2.44. The number of carbonyl (C=O) groups is 1. The average molecular weight is 120 g/mol. The van der Waals surface area contributed by atoms with Gasteiger partial charge in [-0.1, -0.05) is 24.3 Å². The summed E-state index contributed by atoms with van der Waals surface area (Å²) in [7, 11) is 0. The summed E-state index contributed by atoms with van der Waals surface area (Å²) in [5.41, 5.74) is 0. The molecule has 0 heterocycles. The minimum absolute atomic E-state index is 0.0880. The molecule has 1 unspecified atom stereocenters. The molecule has 0 aromatic carbocycles. The fourth-order valence-electron chi connectivity index (χ4n) is 0.735. The number of hydrogen-bond donors (Lipinski definition) is 0. The predicted molar refractivity (Wildman–Crippen MR) is 37.0 cm³/mol. The van der Waals surface area contributed by atoms with Crippen LogP contribution in [0.5, 0.6) is 0 Å². The fourth-order valence-corrected chi connectivity index (χ4v) is 0.735. The molecule has 1 heteroatoms. The Kier molecular flexibility index (Phi) is 1.63. The zero-order chi connectivity index (χ0) is 6.69. The van der Waals surface area contributed by atoms with Gasteiger partial charge in [-0.05, 0) is 6.08 Å². The van der Waals surface area contributed by atoms with E-state index in [1.54, 1.807) is 18.2 Å². The molecular formula is C8H8O. The lowest BCUT2D eigenvalue weighted by molar-refractivity contribution is -0.115. The second-order valence-corrected chi connectivity index (χ2v) is 1.91. The van der Waals surface area contributed by atoms with E-state index in [1.165, 1.54) is 0 Å². The third-order valence-electron chi connectivity index (χ3n) is 1.27. The zero-order valence-electron chi connectivity index (χ0n) is 5.08. The Morgan fingerprint density at radius 2 is 2.33 bits per heavy atom. The monoisotopic (exact) mass is 120 g/mol. The summed E-state index contributed by atoms with van der Waals surface area (Å²) in [4.78, 5) is 10.8. The lowest BCUT2D eigenvalue weighted by Crippen LogP contribution is -2.07. The highest BCUT2D eigenvalue weighted by molar-refractivity contribution is 5.95. The van der Waals surface area contributed by atoms with Crippen molar-refractivity contribution in [2.75, 3.05) is 0 Å². The molecule has 0 bridgehead atoms. The first-order valence-electron chi connectivity index (χ1n) is 2.86. The van der Waals surface area contributed by atoms with Crippen LogP contribution in [0.1, 0.15) is 0 Å². The summed E-state index contributed by atoms with van der Waals surface area (Å²) >= 11 is 0. The maximum atomic E-state index is 10.8. The minimum atomic E-state index is -0.0880. The van der Waals surface area contributed by atoms with E-state index in [-0.39, 0.29) is 11.7 Å². The Morgan fingerprint density at radius 1 is 1.56 bits per heavy atom. The van der Waals surface area contributed by atoms with Crippen molar-refractivity contribution < 1.29 is 4.79 Å². The quantitative estimate of drug-likeness (QED) is 0.479. The molecule has 0 amide bonds. The predicted octanol–water partition coefficient (Wildman–Crippen LogP) is 1.48. The van der Waals surface area contributed by atoms with Crippen LogP contribution in [0.25, 0.3) is 0 Å². The van der Waals surface area contributed by atoms with E-state index in [9.17, 15) is 4.79 Å². The van der Waals surface area contributed by atoms with E-state index in [4.69, 9.17) is 0 Å². The second-order valence-electron chi connectivity index (χ2n) is 1.91. The molecule has 0 saturated heterocycles. The molecule has 0 fully saturated rings. The van der Waals surface area contributed by atoms with Crippen LogP contribution in [0.15, 0.2) is 37.0 Å². The van der Waals surface area contributed by atoms with E-state index in [0.29, 0.717) is 0 Å². The first kappa shape index (κ1) is 6.02. The summed E-state index contributed by atoms with van der Waals surface area (Å²) < 4.78 is 0. The Bertz CT molecular complexity index is 187. The van der Waals surface area contributed by atoms with Gasteiger partial charge in [0.05, 0.1) is 5.92 Å². The van der Waals surface area contributed by atoms with Gasteiger partial charge in [0.15, 0.2) is 5.78 Å². The van der Waals surface area contributed by atoms with Crippen molar-refractivity contribution in [3.05, 3.63) is 37.0 Å². The molecule has 1 aliphatic rings. The van der Waals surface area contributed by atoms with Crippen molar-refractivity contribution >= 4 is 5.78 Å². The molecule has 0 aromatic rings. The van der Waals surface area contributed by atoms with Crippen LogP contribution in [0.4, 0.5) is 0 Å². The molecule has 0 aromatic heterocycles. The highest BCUT2D eigenvalue weighted by atomic mass is 16.1. The largest absolute Gasteiger partial charge is 0.294 e. The maximum absolute atomic E-state index is 10.8.